The number of anilines is 1. The Kier molecular flexibility index (Phi) is 3.62. The maximum atomic E-state index is 13.6. The lowest BCUT2D eigenvalue weighted by Crippen LogP contribution is -2.13. The van der Waals surface area contributed by atoms with E-state index in [0.29, 0.717) is 17.1 Å². The largest absolute Gasteiger partial charge is 0.496 e. The van der Waals surface area contributed by atoms with Crippen LogP contribution in [0.1, 0.15) is 11.3 Å². The molecule has 0 saturated carbocycles. The standard InChI is InChI=1S/C13H15FN4O/c1-7-4-5-9(10(6-7)19-3)12-16-8(2)11(14)13(17-12)18-15/h4-6H,15H2,1-3H3,(H,16,17,18). The summed E-state index contributed by atoms with van der Waals surface area (Å²) < 4.78 is 18.9. The number of nitrogen functional groups attached to an aromatic ring is 1. The third-order valence-corrected chi connectivity index (χ3v) is 2.75. The van der Waals surface area contributed by atoms with Crippen molar-refractivity contribution in [2.24, 2.45) is 5.84 Å². The zero-order valence-electron chi connectivity index (χ0n) is 11.0. The number of rotatable bonds is 3. The molecule has 2 aromatic rings. The highest BCUT2D eigenvalue weighted by atomic mass is 19.1. The monoisotopic (exact) mass is 262 g/mol. The average Bonchev–Trinajstić information content (AvgIpc) is 2.41. The first-order valence-electron chi connectivity index (χ1n) is 5.72. The molecule has 0 aliphatic heterocycles. The number of benzene rings is 1. The summed E-state index contributed by atoms with van der Waals surface area (Å²) in [7, 11) is 1.57. The fourth-order valence-electron chi connectivity index (χ4n) is 1.76. The number of nitrogens with one attached hydrogen (secondary N) is 1. The van der Waals surface area contributed by atoms with E-state index in [1.807, 2.05) is 25.1 Å². The Labute approximate surface area is 110 Å². The molecule has 0 bridgehead atoms. The van der Waals surface area contributed by atoms with Crippen molar-refractivity contribution < 1.29 is 9.13 Å². The topological polar surface area (TPSA) is 73.1 Å². The molecule has 1 aromatic carbocycles. The Hall–Kier alpha value is -2.21. The van der Waals surface area contributed by atoms with Crippen LogP contribution < -0.4 is 16.0 Å². The molecule has 0 atom stereocenters. The van der Waals surface area contributed by atoms with E-state index >= 15 is 0 Å². The van der Waals surface area contributed by atoms with Crippen LogP contribution in [0.2, 0.25) is 0 Å². The van der Waals surface area contributed by atoms with Crippen LogP contribution in [-0.2, 0) is 0 Å². The fraction of sp³-hybridized carbons (Fsp3) is 0.231. The number of aryl methyl sites for hydroxylation is 2. The second-order valence-electron chi connectivity index (χ2n) is 4.14. The summed E-state index contributed by atoms with van der Waals surface area (Å²) in [5.74, 6) is 5.65. The number of halogens is 1. The molecule has 19 heavy (non-hydrogen) atoms. The van der Waals surface area contributed by atoms with Gasteiger partial charge in [0.15, 0.2) is 17.5 Å². The third kappa shape index (κ3) is 2.48. The van der Waals surface area contributed by atoms with Gasteiger partial charge in [-0.1, -0.05) is 6.07 Å². The first kappa shape index (κ1) is 13.2. The van der Waals surface area contributed by atoms with Crippen molar-refractivity contribution in [1.29, 1.82) is 0 Å². The van der Waals surface area contributed by atoms with Crippen molar-refractivity contribution in [1.82, 2.24) is 9.97 Å². The summed E-state index contributed by atoms with van der Waals surface area (Å²) in [6.07, 6.45) is 0. The van der Waals surface area contributed by atoms with Gasteiger partial charge in [-0.25, -0.2) is 20.2 Å². The van der Waals surface area contributed by atoms with Gasteiger partial charge >= 0.3 is 0 Å². The molecule has 0 aliphatic carbocycles. The van der Waals surface area contributed by atoms with Crippen LogP contribution in [0.25, 0.3) is 11.4 Å². The molecule has 0 saturated heterocycles. The molecule has 1 heterocycles. The molecule has 5 nitrogen and oxygen atoms in total. The molecular weight excluding hydrogens is 247 g/mol. The van der Waals surface area contributed by atoms with Gasteiger partial charge in [0.25, 0.3) is 0 Å². The predicted molar refractivity (Wildman–Crippen MR) is 71.3 cm³/mol. The Morgan fingerprint density at radius 3 is 2.63 bits per heavy atom. The molecule has 0 radical (unpaired) electrons. The van der Waals surface area contributed by atoms with Gasteiger partial charge in [-0.2, -0.15) is 0 Å². The summed E-state index contributed by atoms with van der Waals surface area (Å²) in [5.41, 5.74) is 4.19. The molecule has 3 N–H and O–H groups in total. The minimum Gasteiger partial charge on any atom is -0.496 e. The van der Waals surface area contributed by atoms with Crippen LogP contribution >= 0.6 is 0 Å². The number of aromatic nitrogens is 2. The molecule has 100 valence electrons. The fourth-order valence-corrected chi connectivity index (χ4v) is 1.76. The molecule has 6 heteroatoms. The third-order valence-electron chi connectivity index (χ3n) is 2.75. The van der Waals surface area contributed by atoms with E-state index < -0.39 is 5.82 Å². The van der Waals surface area contributed by atoms with Gasteiger partial charge in [0, 0.05) is 0 Å². The maximum Gasteiger partial charge on any atom is 0.187 e. The van der Waals surface area contributed by atoms with Gasteiger partial charge in [-0.05, 0) is 31.5 Å². The molecule has 0 aliphatic rings. The minimum absolute atomic E-state index is 0.0369. The summed E-state index contributed by atoms with van der Waals surface area (Å²) in [6, 6.07) is 5.61. The first-order valence-corrected chi connectivity index (χ1v) is 5.72. The number of ether oxygens (including phenoxy) is 1. The van der Waals surface area contributed by atoms with Crippen LogP contribution in [0.15, 0.2) is 18.2 Å². The summed E-state index contributed by atoms with van der Waals surface area (Å²) in [6.45, 7) is 3.51. The van der Waals surface area contributed by atoms with Gasteiger partial charge in [-0.3, -0.25) is 0 Å². The van der Waals surface area contributed by atoms with Crippen molar-refractivity contribution in [2.45, 2.75) is 13.8 Å². The Morgan fingerprint density at radius 1 is 1.26 bits per heavy atom. The van der Waals surface area contributed by atoms with Crippen molar-refractivity contribution in [3.63, 3.8) is 0 Å². The van der Waals surface area contributed by atoms with Crippen LogP contribution in [0, 0.1) is 19.7 Å². The number of hydrogen-bond donors (Lipinski definition) is 2. The predicted octanol–water partition coefficient (Wildman–Crippen LogP) is 2.19. The summed E-state index contributed by atoms with van der Waals surface area (Å²) >= 11 is 0. The van der Waals surface area contributed by atoms with E-state index in [1.54, 1.807) is 14.0 Å². The maximum absolute atomic E-state index is 13.6. The van der Waals surface area contributed by atoms with Crippen LogP contribution in [0.4, 0.5) is 10.2 Å². The second-order valence-corrected chi connectivity index (χ2v) is 4.14. The average molecular weight is 262 g/mol. The molecule has 2 rings (SSSR count). The highest BCUT2D eigenvalue weighted by Crippen LogP contribution is 2.29. The lowest BCUT2D eigenvalue weighted by Gasteiger charge is -2.11. The highest BCUT2D eigenvalue weighted by molar-refractivity contribution is 5.66. The zero-order valence-corrected chi connectivity index (χ0v) is 11.0. The Bertz CT molecular complexity index is 616. The van der Waals surface area contributed by atoms with E-state index in [4.69, 9.17) is 10.6 Å². The zero-order chi connectivity index (χ0) is 14.0. The first-order chi connectivity index (χ1) is 9.06. The molecule has 0 fully saturated rings. The van der Waals surface area contributed by atoms with Gasteiger partial charge in [-0.15, -0.1) is 0 Å². The van der Waals surface area contributed by atoms with Gasteiger partial charge in [0.1, 0.15) is 5.75 Å². The lowest BCUT2D eigenvalue weighted by molar-refractivity contribution is 0.416. The minimum atomic E-state index is -0.558. The number of nitrogens with zero attached hydrogens (tertiary/aromatic N) is 2. The quantitative estimate of drug-likeness (QED) is 0.655. The Balaban J connectivity index is 2.62. The smallest absolute Gasteiger partial charge is 0.187 e. The normalized spacial score (nSPS) is 10.4. The molecule has 0 spiro atoms. The van der Waals surface area contributed by atoms with E-state index in [-0.39, 0.29) is 11.5 Å². The molecule has 0 amide bonds. The molecule has 0 unspecified atom stereocenters. The number of nitrogens with two attached hydrogens (primary N) is 1. The number of hydrogen-bond acceptors (Lipinski definition) is 5. The van der Waals surface area contributed by atoms with Crippen LogP contribution in [0.3, 0.4) is 0 Å². The molecule has 1 aromatic heterocycles. The van der Waals surface area contributed by atoms with Crippen molar-refractivity contribution in [3.8, 4) is 17.1 Å². The van der Waals surface area contributed by atoms with E-state index in [2.05, 4.69) is 15.4 Å². The number of hydrazine groups is 1. The van der Waals surface area contributed by atoms with E-state index in [0.717, 1.165) is 5.56 Å². The van der Waals surface area contributed by atoms with Crippen molar-refractivity contribution in [3.05, 3.63) is 35.3 Å². The number of methoxy groups -OCH3 is 1. The van der Waals surface area contributed by atoms with Crippen LogP contribution in [-0.4, -0.2) is 17.1 Å². The lowest BCUT2D eigenvalue weighted by atomic mass is 10.1. The van der Waals surface area contributed by atoms with Crippen molar-refractivity contribution >= 4 is 5.82 Å². The van der Waals surface area contributed by atoms with E-state index in [9.17, 15) is 4.39 Å². The van der Waals surface area contributed by atoms with Gasteiger partial charge in [0.05, 0.1) is 18.4 Å². The molecular formula is C13H15FN4O. The van der Waals surface area contributed by atoms with E-state index in [1.165, 1.54) is 0 Å². The van der Waals surface area contributed by atoms with Gasteiger partial charge in [0.2, 0.25) is 0 Å². The summed E-state index contributed by atoms with van der Waals surface area (Å²) in [5, 5.41) is 0. The van der Waals surface area contributed by atoms with Crippen LogP contribution in [0.5, 0.6) is 5.75 Å². The van der Waals surface area contributed by atoms with Gasteiger partial charge < -0.3 is 10.2 Å². The second kappa shape index (κ2) is 5.19. The SMILES string of the molecule is COc1cc(C)ccc1-c1nc(C)c(F)c(NN)n1. The van der Waals surface area contributed by atoms with Crippen molar-refractivity contribution in [2.75, 3.05) is 12.5 Å². The summed E-state index contributed by atoms with van der Waals surface area (Å²) in [4.78, 5) is 8.19. The highest BCUT2D eigenvalue weighted by Gasteiger charge is 2.14. The Morgan fingerprint density at radius 2 is 2.00 bits per heavy atom.